The van der Waals surface area contributed by atoms with Gasteiger partial charge in [-0.05, 0) is 113 Å². The molecule has 3 heterocycles. The number of nitrogens with zero attached hydrogens (tertiary/aromatic N) is 3. The molecule has 282 valence electrons. The summed E-state index contributed by atoms with van der Waals surface area (Å²) in [6.07, 6.45) is 0. The molecule has 0 fully saturated rings. The van der Waals surface area contributed by atoms with Crippen molar-refractivity contribution >= 4 is 71.9 Å². The van der Waals surface area contributed by atoms with Crippen LogP contribution in [0.2, 0.25) is 0 Å². The number of para-hydroxylation sites is 2. The van der Waals surface area contributed by atoms with Crippen molar-refractivity contribution in [3.05, 3.63) is 212 Å². The molecule has 0 unspecified atom stereocenters. The molecule has 0 N–H and O–H groups in total. The van der Waals surface area contributed by atoms with E-state index in [-0.39, 0.29) is 0 Å². The Kier molecular flexibility index (Phi) is 7.78. The zero-order valence-electron chi connectivity index (χ0n) is 32.4. The third-order valence-electron chi connectivity index (χ3n) is 11.6. The van der Waals surface area contributed by atoms with Crippen LogP contribution >= 0.6 is 0 Å². The predicted molar refractivity (Wildman–Crippen MR) is 247 cm³/mol. The van der Waals surface area contributed by atoms with E-state index in [9.17, 15) is 0 Å². The van der Waals surface area contributed by atoms with Crippen molar-refractivity contribution in [3.8, 4) is 39.4 Å². The lowest BCUT2D eigenvalue weighted by molar-refractivity contribution is 0.619. The SMILES string of the molecule is c1ccc(-c2ccc(N(c3ccc(-c4ccc5oc6ccc7oc(-c8ccccc8)nc7c6c5c4)cc3)c3cccc4c3c3ccccc3n4-c3ccccc3)cc2)cc1. The van der Waals surface area contributed by atoms with Crippen molar-refractivity contribution in [1.29, 1.82) is 0 Å². The second kappa shape index (κ2) is 13.8. The summed E-state index contributed by atoms with van der Waals surface area (Å²) in [7, 11) is 0. The fraction of sp³-hybridized carbons (Fsp3) is 0. The van der Waals surface area contributed by atoms with Gasteiger partial charge in [0.2, 0.25) is 5.89 Å². The summed E-state index contributed by atoms with van der Waals surface area (Å²) in [5, 5.41) is 4.36. The van der Waals surface area contributed by atoms with E-state index in [0.717, 1.165) is 78.0 Å². The summed E-state index contributed by atoms with van der Waals surface area (Å²) in [6.45, 7) is 0. The molecular weight excluding hydrogens is 735 g/mol. The Bertz CT molecular complexity index is 3510. The van der Waals surface area contributed by atoms with Gasteiger partial charge in [0.1, 0.15) is 16.7 Å². The van der Waals surface area contributed by atoms with E-state index >= 15 is 0 Å². The van der Waals surface area contributed by atoms with Crippen LogP contribution in [-0.2, 0) is 0 Å². The first kappa shape index (κ1) is 33.9. The zero-order chi connectivity index (χ0) is 39.6. The molecule has 0 aliphatic heterocycles. The molecule has 0 saturated heterocycles. The number of rotatable bonds is 7. The molecule has 60 heavy (non-hydrogen) atoms. The summed E-state index contributed by atoms with van der Waals surface area (Å²) in [6, 6.07) is 74.7. The van der Waals surface area contributed by atoms with Crippen molar-refractivity contribution in [2.24, 2.45) is 0 Å². The number of fused-ring (bicyclic) bond motifs is 8. The monoisotopic (exact) mass is 769 g/mol. The Morgan fingerprint density at radius 2 is 0.950 bits per heavy atom. The summed E-state index contributed by atoms with van der Waals surface area (Å²) >= 11 is 0. The second-order valence-electron chi connectivity index (χ2n) is 15.1. The molecule has 0 aliphatic rings. The van der Waals surface area contributed by atoms with E-state index < -0.39 is 0 Å². The molecule has 0 saturated carbocycles. The van der Waals surface area contributed by atoms with Crippen molar-refractivity contribution in [2.75, 3.05) is 4.90 Å². The van der Waals surface area contributed by atoms with Gasteiger partial charge in [0.25, 0.3) is 0 Å². The lowest BCUT2D eigenvalue weighted by Crippen LogP contribution is -2.10. The average Bonchev–Trinajstić information content (AvgIpc) is 4.02. The Morgan fingerprint density at radius 1 is 0.383 bits per heavy atom. The molecule has 0 bridgehead atoms. The number of aromatic nitrogens is 2. The fourth-order valence-corrected chi connectivity index (χ4v) is 8.84. The highest BCUT2D eigenvalue weighted by Crippen LogP contribution is 2.45. The van der Waals surface area contributed by atoms with Gasteiger partial charge in [0, 0.05) is 38.8 Å². The van der Waals surface area contributed by atoms with E-state index in [1.807, 2.05) is 42.5 Å². The third-order valence-corrected chi connectivity index (χ3v) is 11.6. The Hall–Kier alpha value is -8.15. The summed E-state index contributed by atoms with van der Waals surface area (Å²) in [4.78, 5) is 7.36. The molecule has 3 aromatic heterocycles. The smallest absolute Gasteiger partial charge is 0.227 e. The molecule has 0 atom stereocenters. The first-order valence-electron chi connectivity index (χ1n) is 20.2. The number of anilines is 3. The van der Waals surface area contributed by atoms with Crippen LogP contribution in [-0.4, -0.2) is 9.55 Å². The van der Waals surface area contributed by atoms with Crippen molar-refractivity contribution in [2.45, 2.75) is 0 Å². The van der Waals surface area contributed by atoms with Crippen LogP contribution in [0.25, 0.3) is 94.2 Å². The van der Waals surface area contributed by atoms with Gasteiger partial charge in [-0.25, -0.2) is 4.98 Å². The quantitative estimate of drug-likeness (QED) is 0.162. The normalized spacial score (nSPS) is 11.7. The maximum absolute atomic E-state index is 6.36. The van der Waals surface area contributed by atoms with E-state index in [2.05, 4.69) is 179 Å². The van der Waals surface area contributed by atoms with Gasteiger partial charge < -0.3 is 18.3 Å². The number of oxazole rings is 1. The Morgan fingerprint density at radius 3 is 1.68 bits per heavy atom. The average molecular weight is 770 g/mol. The fourth-order valence-electron chi connectivity index (χ4n) is 8.84. The van der Waals surface area contributed by atoms with Gasteiger partial charge in [-0.3, -0.25) is 0 Å². The highest BCUT2D eigenvalue weighted by atomic mass is 16.4. The van der Waals surface area contributed by atoms with Crippen LogP contribution in [0.3, 0.4) is 0 Å². The van der Waals surface area contributed by atoms with Crippen molar-refractivity contribution < 1.29 is 8.83 Å². The number of benzene rings is 9. The van der Waals surface area contributed by atoms with Crippen LogP contribution in [0.1, 0.15) is 0 Å². The van der Waals surface area contributed by atoms with E-state index in [0.29, 0.717) is 5.89 Å². The van der Waals surface area contributed by atoms with E-state index in [1.54, 1.807) is 0 Å². The number of hydrogen-bond acceptors (Lipinski definition) is 4. The van der Waals surface area contributed by atoms with Gasteiger partial charge in [-0.2, -0.15) is 0 Å². The molecule has 0 amide bonds. The van der Waals surface area contributed by atoms with Crippen LogP contribution < -0.4 is 4.90 Å². The lowest BCUT2D eigenvalue weighted by Gasteiger charge is -2.27. The summed E-state index contributed by atoms with van der Waals surface area (Å²) < 4.78 is 15.0. The highest BCUT2D eigenvalue weighted by Gasteiger charge is 2.22. The molecule has 9 aromatic carbocycles. The first-order valence-corrected chi connectivity index (χ1v) is 20.2. The molecule has 0 radical (unpaired) electrons. The van der Waals surface area contributed by atoms with Crippen molar-refractivity contribution in [1.82, 2.24) is 9.55 Å². The first-order chi connectivity index (χ1) is 29.7. The van der Waals surface area contributed by atoms with Crippen molar-refractivity contribution in [3.63, 3.8) is 0 Å². The minimum atomic E-state index is 0.596. The highest BCUT2D eigenvalue weighted by molar-refractivity contribution is 6.18. The summed E-state index contributed by atoms with van der Waals surface area (Å²) in [5.74, 6) is 0.596. The molecule has 12 aromatic rings. The minimum Gasteiger partial charge on any atom is -0.456 e. The van der Waals surface area contributed by atoms with Gasteiger partial charge in [-0.15, -0.1) is 0 Å². The third kappa shape index (κ3) is 5.52. The van der Waals surface area contributed by atoms with Gasteiger partial charge in [0.05, 0.1) is 22.1 Å². The maximum Gasteiger partial charge on any atom is 0.227 e. The van der Waals surface area contributed by atoms with Crippen LogP contribution in [0, 0.1) is 0 Å². The minimum absolute atomic E-state index is 0.596. The molecule has 0 spiro atoms. The van der Waals surface area contributed by atoms with E-state index in [4.69, 9.17) is 13.8 Å². The molecular formula is C55H35N3O2. The Balaban J connectivity index is 1.00. The van der Waals surface area contributed by atoms with Crippen LogP contribution in [0.15, 0.2) is 221 Å². The van der Waals surface area contributed by atoms with Crippen LogP contribution in [0.5, 0.6) is 0 Å². The standard InChI is InChI=1S/C55H35N3O2/c1-4-13-36(14-5-1)37-23-28-42(29-24-37)57(47-21-12-22-48-52(47)44-19-10-11-20-46(44)58(48)41-17-8-3-9-18-41)43-30-25-38(26-31-43)40-27-32-49-45(35-40)53-50(59-49)33-34-51-54(53)56-55(60-51)39-15-6-2-7-16-39/h1-35H. The van der Waals surface area contributed by atoms with Gasteiger partial charge >= 0.3 is 0 Å². The van der Waals surface area contributed by atoms with Gasteiger partial charge in [-0.1, -0.05) is 121 Å². The lowest BCUT2D eigenvalue weighted by atomic mass is 10.0. The topological polar surface area (TPSA) is 47.3 Å². The Labute approximate surface area is 345 Å². The van der Waals surface area contributed by atoms with Gasteiger partial charge in [0.15, 0.2) is 5.58 Å². The summed E-state index contributed by atoms with van der Waals surface area (Å²) in [5.41, 5.74) is 15.3. The predicted octanol–water partition coefficient (Wildman–Crippen LogP) is 15.3. The molecule has 12 rings (SSSR count). The molecule has 0 aliphatic carbocycles. The molecule has 5 heteroatoms. The zero-order valence-corrected chi connectivity index (χ0v) is 32.4. The van der Waals surface area contributed by atoms with E-state index in [1.165, 1.54) is 27.4 Å². The molecule has 5 nitrogen and oxygen atoms in total. The maximum atomic E-state index is 6.36. The largest absolute Gasteiger partial charge is 0.456 e. The second-order valence-corrected chi connectivity index (χ2v) is 15.1. The number of hydrogen-bond donors (Lipinski definition) is 0. The van der Waals surface area contributed by atoms with Crippen LogP contribution in [0.4, 0.5) is 17.1 Å². The number of furan rings is 1.